The van der Waals surface area contributed by atoms with E-state index in [1.54, 1.807) is 7.05 Å². The monoisotopic (exact) mass is 145 g/mol. The molecule has 0 unspecified atom stereocenters. The summed E-state index contributed by atoms with van der Waals surface area (Å²) in [5.74, 6) is 0.422. The maximum atomic E-state index is 10.6. The van der Waals surface area contributed by atoms with E-state index in [-0.39, 0.29) is 12.5 Å². The predicted octanol–water partition coefficient (Wildman–Crippen LogP) is 0.405. The third-order valence-corrected chi connectivity index (χ3v) is 0.963. The Morgan fingerprint density at radius 3 is 2.60 bits per heavy atom. The van der Waals surface area contributed by atoms with Crippen LogP contribution in [-0.4, -0.2) is 26.2 Å². The number of amides is 1. The van der Waals surface area contributed by atoms with Gasteiger partial charge in [0.25, 0.3) is 0 Å². The van der Waals surface area contributed by atoms with Gasteiger partial charge in [-0.05, 0) is 5.92 Å². The van der Waals surface area contributed by atoms with Crippen molar-refractivity contribution in [2.24, 2.45) is 5.92 Å². The topological polar surface area (TPSA) is 38.3 Å². The van der Waals surface area contributed by atoms with Crippen LogP contribution in [0.1, 0.15) is 13.8 Å². The van der Waals surface area contributed by atoms with Crippen LogP contribution in [-0.2, 0) is 9.53 Å². The smallest absolute Gasteiger partial charge is 0.245 e. The molecule has 0 radical (unpaired) electrons. The van der Waals surface area contributed by atoms with Crippen molar-refractivity contribution < 1.29 is 9.53 Å². The zero-order valence-electron chi connectivity index (χ0n) is 6.81. The molecule has 60 valence electrons. The van der Waals surface area contributed by atoms with E-state index in [9.17, 15) is 4.79 Å². The van der Waals surface area contributed by atoms with Crippen LogP contribution in [0.5, 0.6) is 0 Å². The van der Waals surface area contributed by atoms with Gasteiger partial charge in [0.15, 0.2) is 0 Å². The van der Waals surface area contributed by atoms with Crippen molar-refractivity contribution in [3.8, 4) is 0 Å². The summed E-state index contributed by atoms with van der Waals surface area (Å²) in [5, 5.41) is 2.47. The van der Waals surface area contributed by atoms with Crippen LogP contribution in [0.25, 0.3) is 0 Å². The molecule has 0 rings (SSSR count). The first-order valence-electron chi connectivity index (χ1n) is 3.45. The fourth-order valence-electron chi connectivity index (χ4n) is 0.459. The third-order valence-electron chi connectivity index (χ3n) is 0.963. The van der Waals surface area contributed by atoms with E-state index < -0.39 is 0 Å². The lowest BCUT2D eigenvalue weighted by molar-refractivity contribution is -0.125. The molecule has 0 fully saturated rings. The predicted molar refractivity (Wildman–Crippen MR) is 39.7 cm³/mol. The molecule has 3 nitrogen and oxygen atoms in total. The van der Waals surface area contributed by atoms with Crippen molar-refractivity contribution in [3.05, 3.63) is 0 Å². The first-order valence-corrected chi connectivity index (χ1v) is 3.45. The largest absolute Gasteiger partial charge is 0.371 e. The van der Waals surface area contributed by atoms with Crippen LogP contribution in [0.3, 0.4) is 0 Å². The van der Waals surface area contributed by atoms with Crippen molar-refractivity contribution >= 4 is 5.91 Å². The number of rotatable bonds is 4. The Bertz CT molecular complexity index is 102. The summed E-state index contributed by atoms with van der Waals surface area (Å²) in [6.07, 6.45) is 0. The van der Waals surface area contributed by atoms with Gasteiger partial charge in [0.2, 0.25) is 5.91 Å². The molecule has 1 amide bonds. The fraction of sp³-hybridized carbons (Fsp3) is 0.857. The molecule has 0 aromatic rings. The molecule has 0 spiro atoms. The molecule has 0 aromatic carbocycles. The summed E-state index contributed by atoms with van der Waals surface area (Å²) in [7, 11) is 1.60. The van der Waals surface area contributed by atoms with E-state index in [2.05, 4.69) is 5.32 Å². The molecular formula is C7H15NO2. The van der Waals surface area contributed by atoms with Crippen molar-refractivity contribution in [2.45, 2.75) is 13.8 Å². The van der Waals surface area contributed by atoms with Gasteiger partial charge in [-0.1, -0.05) is 13.8 Å². The van der Waals surface area contributed by atoms with Crippen LogP contribution in [0.2, 0.25) is 0 Å². The van der Waals surface area contributed by atoms with Crippen LogP contribution in [0, 0.1) is 5.92 Å². The van der Waals surface area contributed by atoms with E-state index in [0.717, 1.165) is 0 Å². The number of nitrogens with one attached hydrogen (secondary N) is 1. The Hall–Kier alpha value is -0.570. The van der Waals surface area contributed by atoms with Crippen molar-refractivity contribution in [1.82, 2.24) is 5.32 Å². The quantitative estimate of drug-likeness (QED) is 0.622. The maximum absolute atomic E-state index is 10.6. The van der Waals surface area contributed by atoms with Crippen molar-refractivity contribution in [2.75, 3.05) is 20.3 Å². The molecule has 0 atom stereocenters. The molecule has 0 saturated heterocycles. The molecule has 0 aromatic heterocycles. The molecule has 3 heteroatoms. The summed E-state index contributed by atoms with van der Waals surface area (Å²) in [6.45, 7) is 4.91. The normalized spacial score (nSPS) is 10.0. The van der Waals surface area contributed by atoms with Gasteiger partial charge in [-0.15, -0.1) is 0 Å². The molecule has 0 aliphatic rings. The summed E-state index contributed by atoms with van der Waals surface area (Å²) in [5.41, 5.74) is 0. The van der Waals surface area contributed by atoms with E-state index in [1.165, 1.54) is 0 Å². The van der Waals surface area contributed by atoms with Crippen LogP contribution >= 0.6 is 0 Å². The van der Waals surface area contributed by atoms with E-state index in [1.807, 2.05) is 13.8 Å². The molecule has 1 N–H and O–H groups in total. The number of likely N-dealkylation sites (N-methyl/N-ethyl adjacent to an activating group) is 1. The number of carbonyl (C=O) groups is 1. The molecule has 0 aliphatic heterocycles. The minimum atomic E-state index is -0.0688. The minimum Gasteiger partial charge on any atom is -0.371 e. The van der Waals surface area contributed by atoms with Gasteiger partial charge < -0.3 is 10.1 Å². The summed E-state index contributed by atoms with van der Waals surface area (Å²) < 4.78 is 5.04. The Balaban J connectivity index is 3.12. The van der Waals surface area contributed by atoms with Gasteiger partial charge in [-0.25, -0.2) is 0 Å². The zero-order valence-corrected chi connectivity index (χ0v) is 6.81. The lowest BCUT2D eigenvalue weighted by Gasteiger charge is -2.04. The highest BCUT2D eigenvalue weighted by Gasteiger charge is 1.97. The second-order valence-corrected chi connectivity index (χ2v) is 2.58. The average molecular weight is 145 g/mol. The average Bonchev–Trinajstić information content (AvgIpc) is 1.87. The lowest BCUT2D eigenvalue weighted by atomic mass is 10.2. The number of hydrogen-bond donors (Lipinski definition) is 1. The van der Waals surface area contributed by atoms with E-state index in [4.69, 9.17) is 4.74 Å². The highest BCUT2D eigenvalue weighted by atomic mass is 16.5. The van der Waals surface area contributed by atoms with Crippen LogP contribution < -0.4 is 5.32 Å². The summed E-state index contributed by atoms with van der Waals surface area (Å²) in [6, 6.07) is 0. The van der Waals surface area contributed by atoms with E-state index in [0.29, 0.717) is 12.5 Å². The molecule has 10 heavy (non-hydrogen) atoms. The van der Waals surface area contributed by atoms with Gasteiger partial charge in [0.05, 0.1) is 0 Å². The maximum Gasteiger partial charge on any atom is 0.245 e. The second-order valence-electron chi connectivity index (χ2n) is 2.58. The highest BCUT2D eigenvalue weighted by molar-refractivity contribution is 5.76. The Kier molecular flexibility index (Phi) is 4.94. The van der Waals surface area contributed by atoms with Gasteiger partial charge in [0.1, 0.15) is 6.61 Å². The first-order chi connectivity index (χ1) is 4.66. The van der Waals surface area contributed by atoms with Gasteiger partial charge >= 0.3 is 0 Å². The summed E-state index contributed by atoms with van der Waals surface area (Å²) in [4.78, 5) is 10.6. The number of hydrogen-bond acceptors (Lipinski definition) is 2. The van der Waals surface area contributed by atoms with Crippen LogP contribution in [0.4, 0.5) is 0 Å². The number of carbonyl (C=O) groups excluding carboxylic acids is 1. The highest BCUT2D eigenvalue weighted by Crippen LogP contribution is 1.90. The molecule has 0 saturated carbocycles. The molecule has 0 heterocycles. The Labute approximate surface area is 61.8 Å². The van der Waals surface area contributed by atoms with Gasteiger partial charge in [0, 0.05) is 13.7 Å². The van der Waals surface area contributed by atoms with Crippen LogP contribution in [0.15, 0.2) is 0 Å². The first kappa shape index (κ1) is 9.43. The molecule has 0 bridgehead atoms. The van der Waals surface area contributed by atoms with Gasteiger partial charge in [-0.2, -0.15) is 0 Å². The van der Waals surface area contributed by atoms with Gasteiger partial charge in [-0.3, -0.25) is 4.79 Å². The second kappa shape index (κ2) is 5.23. The minimum absolute atomic E-state index is 0.0688. The standard InChI is InChI=1S/C7H15NO2/c1-6(2)4-10-5-7(9)8-3/h6H,4-5H2,1-3H3,(H,8,9). The summed E-state index contributed by atoms with van der Waals surface area (Å²) >= 11 is 0. The molecular weight excluding hydrogens is 130 g/mol. The Morgan fingerprint density at radius 2 is 2.20 bits per heavy atom. The number of ether oxygens (including phenoxy) is 1. The lowest BCUT2D eigenvalue weighted by Crippen LogP contribution is -2.24. The zero-order chi connectivity index (χ0) is 7.98. The van der Waals surface area contributed by atoms with E-state index >= 15 is 0 Å². The Morgan fingerprint density at radius 1 is 1.60 bits per heavy atom. The molecule has 0 aliphatic carbocycles. The third kappa shape index (κ3) is 5.56. The fourth-order valence-corrected chi connectivity index (χ4v) is 0.459. The van der Waals surface area contributed by atoms with Crippen molar-refractivity contribution in [1.29, 1.82) is 0 Å². The van der Waals surface area contributed by atoms with Crippen molar-refractivity contribution in [3.63, 3.8) is 0 Å². The SMILES string of the molecule is CNC(=O)COCC(C)C.